The minimum absolute atomic E-state index is 0. The first-order chi connectivity index (χ1) is 4.63. The molecule has 1 unspecified atom stereocenters. The molecular formula is C4H10N2S4Zn. The molecule has 0 saturated heterocycles. The van der Waals surface area contributed by atoms with E-state index in [2.05, 4.69) is 24.8 Å². The minimum atomic E-state index is -0.0908. The number of thiol groups is 1. The van der Waals surface area contributed by atoms with Crippen LogP contribution in [0.3, 0.4) is 0 Å². The van der Waals surface area contributed by atoms with Gasteiger partial charge in [-0.1, -0.05) is 24.0 Å². The number of hydrogen-bond donors (Lipinski definition) is 3. The van der Waals surface area contributed by atoms with Crippen molar-refractivity contribution >= 4 is 52.7 Å². The van der Waals surface area contributed by atoms with Crippen LogP contribution in [0.15, 0.2) is 0 Å². The van der Waals surface area contributed by atoms with Gasteiger partial charge in [0, 0.05) is 31.0 Å². The first-order valence-corrected chi connectivity index (χ1v) is 5.56. The monoisotopic (exact) mass is 278 g/mol. The van der Waals surface area contributed by atoms with Crippen molar-refractivity contribution in [2.45, 2.75) is 4.71 Å². The quantitative estimate of drug-likeness (QED) is 0.234. The van der Waals surface area contributed by atoms with Crippen LogP contribution in [-0.4, -0.2) is 20.5 Å². The Bertz CT molecular complexity index is 110. The van der Waals surface area contributed by atoms with Crippen LogP contribution in [0.25, 0.3) is 0 Å². The number of thiocarbonyl (C=S) groups is 1. The molecule has 0 aromatic rings. The van der Waals surface area contributed by atoms with Gasteiger partial charge in [0.1, 0.15) is 4.32 Å². The number of hydrogen-bond acceptors (Lipinski definition) is 5. The van der Waals surface area contributed by atoms with Crippen LogP contribution >= 0.6 is 48.4 Å². The van der Waals surface area contributed by atoms with E-state index in [1.807, 2.05) is 0 Å². The van der Waals surface area contributed by atoms with Crippen molar-refractivity contribution < 1.29 is 19.5 Å². The largest absolute Gasteiger partial charge is 0.385 e. The Hall–Kier alpha value is 1.52. The summed E-state index contributed by atoms with van der Waals surface area (Å²) in [5, 5.41) is 0. The molecule has 4 N–H and O–H groups in total. The van der Waals surface area contributed by atoms with Gasteiger partial charge >= 0.3 is 0 Å². The van der Waals surface area contributed by atoms with E-state index in [0.29, 0.717) is 4.32 Å². The van der Waals surface area contributed by atoms with Crippen LogP contribution < -0.4 is 11.5 Å². The smallest absolute Gasteiger partial charge is 0.131 e. The zero-order valence-corrected chi connectivity index (χ0v) is 12.3. The second-order valence-corrected chi connectivity index (χ2v) is 5.42. The molecule has 2 nitrogen and oxygen atoms in total. The first-order valence-electron chi connectivity index (χ1n) is 2.60. The summed E-state index contributed by atoms with van der Waals surface area (Å²) in [6.07, 6.45) is 0. The van der Waals surface area contributed by atoms with Gasteiger partial charge in [0.2, 0.25) is 0 Å². The average molecular weight is 280 g/mol. The molecule has 0 aliphatic heterocycles. The summed E-state index contributed by atoms with van der Waals surface area (Å²) in [5.74, 6) is 1.85. The minimum Gasteiger partial charge on any atom is -0.385 e. The van der Waals surface area contributed by atoms with Crippen molar-refractivity contribution in [3.05, 3.63) is 0 Å². The van der Waals surface area contributed by atoms with E-state index in [9.17, 15) is 0 Å². The molecule has 7 heteroatoms. The fourth-order valence-corrected chi connectivity index (χ4v) is 2.04. The molecule has 1 atom stereocenters. The fraction of sp³-hybridized carbons (Fsp3) is 0.750. The van der Waals surface area contributed by atoms with Crippen molar-refractivity contribution in [3.8, 4) is 0 Å². The van der Waals surface area contributed by atoms with E-state index in [1.165, 1.54) is 11.8 Å². The second kappa shape index (κ2) is 9.61. The third-order valence-electron chi connectivity index (χ3n) is 0.616. The van der Waals surface area contributed by atoms with Crippen molar-refractivity contribution in [3.63, 3.8) is 0 Å². The standard InChI is InChI=1S/C4H10N2S4.Zn/c5-3(7)9-1-2-10-4(6)8;/h3,7H,1-2,5H2,(H2,6,8);. The Morgan fingerprint density at radius 2 is 2.09 bits per heavy atom. The van der Waals surface area contributed by atoms with Crippen LogP contribution in [0.1, 0.15) is 0 Å². The van der Waals surface area contributed by atoms with Crippen molar-refractivity contribution in [2.75, 3.05) is 11.5 Å². The van der Waals surface area contributed by atoms with Crippen molar-refractivity contribution in [1.82, 2.24) is 0 Å². The van der Waals surface area contributed by atoms with Gasteiger partial charge in [-0.25, -0.2) is 0 Å². The zero-order chi connectivity index (χ0) is 7.98. The molecule has 0 saturated carbocycles. The van der Waals surface area contributed by atoms with Crippen LogP contribution in [0.5, 0.6) is 0 Å². The maximum Gasteiger partial charge on any atom is 0.131 e. The van der Waals surface area contributed by atoms with E-state index in [0.717, 1.165) is 11.5 Å². The molecule has 11 heavy (non-hydrogen) atoms. The summed E-state index contributed by atoms with van der Waals surface area (Å²) in [7, 11) is 0. The van der Waals surface area contributed by atoms with Crippen molar-refractivity contribution in [2.24, 2.45) is 11.5 Å². The van der Waals surface area contributed by atoms with Crippen molar-refractivity contribution in [1.29, 1.82) is 0 Å². The number of nitrogens with two attached hydrogens (primary N) is 2. The topological polar surface area (TPSA) is 52.0 Å². The Kier molecular flexibility index (Phi) is 13.1. The SMILES string of the molecule is NC(=S)SCCSC(N)S.[Zn]. The van der Waals surface area contributed by atoms with Gasteiger partial charge in [-0.2, -0.15) is 0 Å². The second-order valence-electron chi connectivity index (χ2n) is 1.43. The van der Waals surface area contributed by atoms with E-state index >= 15 is 0 Å². The molecule has 62 valence electrons. The summed E-state index contributed by atoms with van der Waals surface area (Å²) in [5.41, 5.74) is 10.6. The molecule has 0 rings (SSSR count). The van der Waals surface area contributed by atoms with Gasteiger partial charge in [0.25, 0.3) is 0 Å². The predicted octanol–water partition coefficient (Wildman–Crippen LogP) is 0.866. The molecule has 0 spiro atoms. The molecular weight excluding hydrogens is 270 g/mol. The van der Waals surface area contributed by atoms with Gasteiger partial charge in [0.05, 0.1) is 4.71 Å². The molecule has 0 aromatic heterocycles. The molecule has 0 heterocycles. The maximum atomic E-state index is 5.36. The van der Waals surface area contributed by atoms with Crippen LogP contribution in [-0.2, 0) is 19.5 Å². The summed E-state index contributed by atoms with van der Waals surface area (Å²) in [6, 6.07) is 0. The van der Waals surface area contributed by atoms with E-state index in [4.69, 9.17) is 11.5 Å². The van der Waals surface area contributed by atoms with E-state index in [-0.39, 0.29) is 24.2 Å². The Balaban J connectivity index is 0. The summed E-state index contributed by atoms with van der Waals surface area (Å²) in [6.45, 7) is 0. The normalized spacial score (nSPS) is 11.8. The number of rotatable bonds is 4. The van der Waals surface area contributed by atoms with Crippen LogP contribution in [0, 0.1) is 0 Å². The molecule has 0 aliphatic rings. The Labute approximate surface area is 99.2 Å². The van der Waals surface area contributed by atoms with E-state index in [1.54, 1.807) is 11.8 Å². The Morgan fingerprint density at radius 3 is 2.45 bits per heavy atom. The van der Waals surface area contributed by atoms with E-state index < -0.39 is 0 Å². The average Bonchev–Trinajstić information content (AvgIpc) is 1.79. The number of thioether (sulfide) groups is 2. The van der Waals surface area contributed by atoms with Crippen LogP contribution in [0.2, 0.25) is 0 Å². The summed E-state index contributed by atoms with van der Waals surface area (Å²) in [4.78, 5) is 0. The Morgan fingerprint density at radius 1 is 1.55 bits per heavy atom. The third kappa shape index (κ3) is 14.4. The summed E-state index contributed by atoms with van der Waals surface area (Å²) >= 11 is 11.7. The van der Waals surface area contributed by atoms with Gasteiger partial charge in [-0.05, 0) is 0 Å². The molecule has 0 amide bonds. The fourth-order valence-electron chi connectivity index (χ4n) is 0.311. The molecule has 0 radical (unpaired) electrons. The predicted molar refractivity (Wildman–Crippen MR) is 58.7 cm³/mol. The molecule has 0 aromatic carbocycles. The van der Waals surface area contributed by atoms with Gasteiger partial charge < -0.3 is 11.5 Å². The maximum absolute atomic E-state index is 5.36. The summed E-state index contributed by atoms with van der Waals surface area (Å²) < 4.78 is 0.403. The van der Waals surface area contributed by atoms with Gasteiger partial charge in [0.15, 0.2) is 0 Å². The van der Waals surface area contributed by atoms with Gasteiger partial charge in [-0.3, -0.25) is 0 Å². The molecule has 0 bridgehead atoms. The third-order valence-corrected chi connectivity index (χ3v) is 3.15. The van der Waals surface area contributed by atoms with Crippen LogP contribution in [0.4, 0.5) is 0 Å². The first kappa shape index (κ1) is 15.0. The van der Waals surface area contributed by atoms with Gasteiger partial charge in [-0.15, -0.1) is 24.4 Å². The molecule has 0 aliphatic carbocycles. The zero-order valence-electron chi connectivity index (χ0n) is 6.03. The molecule has 0 fully saturated rings.